The van der Waals surface area contributed by atoms with Gasteiger partial charge in [-0.1, -0.05) is 13.8 Å². The van der Waals surface area contributed by atoms with Gasteiger partial charge in [-0.3, -0.25) is 4.79 Å². The van der Waals surface area contributed by atoms with Crippen LogP contribution in [0.3, 0.4) is 0 Å². The van der Waals surface area contributed by atoms with Crippen molar-refractivity contribution in [3.63, 3.8) is 0 Å². The zero-order valence-corrected chi connectivity index (χ0v) is 11.6. The van der Waals surface area contributed by atoms with E-state index in [4.69, 9.17) is 9.84 Å². The van der Waals surface area contributed by atoms with Gasteiger partial charge in [0, 0.05) is 6.61 Å². The summed E-state index contributed by atoms with van der Waals surface area (Å²) in [6, 6.07) is -1.04. The second-order valence-corrected chi connectivity index (χ2v) is 6.95. The van der Waals surface area contributed by atoms with Crippen LogP contribution in [0.25, 0.3) is 0 Å². The van der Waals surface area contributed by atoms with Crippen LogP contribution in [0.4, 0.5) is 0 Å². The van der Waals surface area contributed by atoms with Crippen LogP contribution in [0.2, 0.25) is 0 Å². The molecule has 18 heavy (non-hydrogen) atoms. The fourth-order valence-corrected chi connectivity index (χ4v) is 3.57. The van der Waals surface area contributed by atoms with Crippen LogP contribution in [0, 0.1) is 11.8 Å². The van der Waals surface area contributed by atoms with Gasteiger partial charge in [0.1, 0.15) is 6.04 Å². The summed E-state index contributed by atoms with van der Waals surface area (Å²) in [5.41, 5.74) is 0. The summed E-state index contributed by atoms with van der Waals surface area (Å²) in [6.45, 7) is 4.72. The highest BCUT2D eigenvalue weighted by molar-refractivity contribution is 7.89. The third-order valence-electron chi connectivity index (χ3n) is 2.81. The molecule has 2 N–H and O–H groups in total. The Labute approximate surface area is 108 Å². The van der Waals surface area contributed by atoms with Crippen LogP contribution in [-0.2, 0) is 19.6 Å². The van der Waals surface area contributed by atoms with E-state index in [-0.39, 0.29) is 24.0 Å². The van der Waals surface area contributed by atoms with Crippen molar-refractivity contribution in [3.05, 3.63) is 0 Å². The van der Waals surface area contributed by atoms with Crippen LogP contribution in [0.15, 0.2) is 0 Å². The number of aliphatic carboxylic acids is 1. The molecule has 0 bridgehead atoms. The van der Waals surface area contributed by atoms with Gasteiger partial charge in [-0.15, -0.1) is 0 Å². The van der Waals surface area contributed by atoms with Gasteiger partial charge in [0.25, 0.3) is 0 Å². The maximum atomic E-state index is 11.9. The molecule has 0 aromatic rings. The van der Waals surface area contributed by atoms with Crippen molar-refractivity contribution >= 4 is 16.0 Å². The first kappa shape index (κ1) is 15.4. The summed E-state index contributed by atoms with van der Waals surface area (Å²) < 4.78 is 31.1. The molecule has 0 radical (unpaired) electrons. The van der Waals surface area contributed by atoms with Gasteiger partial charge in [0.2, 0.25) is 10.0 Å². The van der Waals surface area contributed by atoms with Crippen molar-refractivity contribution in [1.82, 2.24) is 4.72 Å². The van der Waals surface area contributed by atoms with E-state index in [0.717, 1.165) is 0 Å². The number of hydrogen-bond donors (Lipinski definition) is 2. The molecule has 106 valence electrons. The topological polar surface area (TPSA) is 92.7 Å². The van der Waals surface area contributed by atoms with Crippen molar-refractivity contribution in [3.8, 4) is 0 Å². The van der Waals surface area contributed by atoms with Crippen molar-refractivity contribution in [2.24, 2.45) is 11.8 Å². The summed E-state index contributed by atoms with van der Waals surface area (Å²) in [5.74, 6) is -1.11. The minimum Gasteiger partial charge on any atom is -0.480 e. The summed E-state index contributed by atoms with van der Waals surface area (Å²) in [5, 5.41) is 8.99. The molecule has 7 heteroatoms. The van der Waals surface area contributed by atoms with E-state index >= 15 is 0 Å². The van der Waals surface area contributed by atoms with E-state index in [0.29, 0.717) is 19.6 Å². The summed E-state index contributed by atoms with van der Waals surface area (Å²) in [7, 11) is -3.57. The molecule has 0 spiro atoms. The Kier molecular flexibility index (Phi) is 5.55. The number of carbonyl (C=O) groups is 1. The molecule has 0 aromatic heterocycles. The normalized spacial score (nSPS) is 22.3. The Hall–Kier alpha value is -0.660. The van der Waals surface area contributed by atoms with Gasteiger partial charge in [0.15, 0.2) is 0 Å². The van der Waals surface area contributed by atoms with E-state index in [2.05, 4.69) is 4.72 Å². The number of sulfonamides is 1. The first-order valence-electron chi connectivity index (χ1n) is 6.10. The third kappa shape index (κ3) is 5.32. The number of rotatable bonds is 7. The molecule has 0 aromatic carbocycles. The van der Waals surface area contributed by atoms with Crippen molar-refractivity contribution < 1.29 is 23.1 Å². The van der Waals surface area contributed by atoms with Crippen LogP contribution in [0.5, 0.6) is 0 Å². The van der Waals surface area contributed by atoms with E-state index in [1.54, 1.807) is 0 Å². The van der Waals surface area contributed by atoms with Crippen LogP contribution >= 0.6 is 0 Å². The van der Waals surface area contributed by atoms with Gasteiger partial charge < -0.3 is 9.84 Å². The molecule has 0 amide bonds. The largest absolute Gasteiger partial charge is 0.480 e. The van der Waals surface area contributed by atoms with E-state index < -0.39 is 22.0 Å². The highest BCUT2D eigenvalue weighted by Gasteiger charge is 2.28. The molecule has 0 saturated carbocycles. The van der Waals surface area contributed by atoms with E-state index in [1.165, 1.54) is 0 Å². The van der Waals surface area contributed by atoms with Crippen molar-refractivity contribution in [2.75, 3.05) is 19.0 Å². The molecular formula is C11H21NO5S. The Morgan fingerprint density at radius 1 is 1.50 bits per heavy atom. The smallest absolute Gasteiger partial charge is 0.321 e. The first-order valence-corrected chi connectivity index (χ1v) is 7.76. The summed E-state index contributed by atoms with van der Waals surface area (Å²) in [6.07, 6.45) is 0.999. The summed E-state index contributed by atoms with van der Waals surface area (Å²) >= 11 is 0. The van der Waals surface area contributed by atoms with Gasteiger partial charge in [-0.05, 0) is 24.7 Å². The Bertz CT molecular complexity index is 373. The maximum absolute atomic E-state index is 11.9. The highest BCUT2D eigenvalue weighted by Crippen LogP contribution is 2.15. The number of hydrogen-bond acceptors (Lipinski definition) is 4. The van der Waals surface area contributed by atoms with Gasteiger partial charge in [-0.2, -0.15) is 0 Å². The molecule has 1 fully saturated rings. The Morgan fingerprint density at radius 3 is 2.61 bits per heavy atom. The molecule has 1 unspecified atom stereocenters. The Morgan fingerprint density at radius 2 is 2.17 bits per heavy atom. The molecule has 1 rings (SSSR count). The zero-order chi connectivity index (χ0) is 13.8. The maximum Gasteiger partial charge on any atom is 0.321 e. The van der Waals surface area contributed by atoms with Gasteiger partial charge >= 0.3 is 5.97 Å². The lowest BCUT2D eigenvalue weighted by molar-refractivity contribution is -0.139. The number of carboxylic acids is 1. The van der Waals surface area contributed by atoms with E-state index in [1.807, 2.05) is 13.8 Å². The van der Waals surface area contributed by atoms with Crippen LogP contribution in [-0.4, -0.2) is 44.5 Å². The summed E-state index contributed by atoms with van der Waals surface area (Å²) in [4.78, 5) is 11.0. The standard InChI is InChI=1S/C11H21NO5S/c1-8(2)5-10(11(13)14)12-18(15,16)7-9-3-4-17-6-9/h8-10,12H,3-7H2,1-2H3,(H,13,14)/t9?,10-/m0/s1. The molecule has 0 aliphatic carbocycles. The predicted octanol–water partition coefficient (Wildman–Crippen LogP) is 0.442. The molecule has 1 aliphatic rings. The fraction of sp³-hybridized carbons (Fsp3) is 0.909. The number of nitrogens with one attached hydrogen (secondary N) is 1. The van der Waals surface area contributed by atoms with Crippen LogP contribution < -0.4 is 4.72 Å². The van der Waals surface area contributed by atoms with Crippen LogP contribution in [0.1, 0.15) is 26.7 Å². The average Bonchev–Trinajstić information content (AvgIpc) is 2.67. The van der Waals surface area contributed by atoms with Gasteiger partial charge in [-0.25, -0.2) is 13.1 Å². The second-order valence-electron chi connectivity index (χ2n) is 5.15. The fourth-order valence-electron chi connectivity index (χ4n) is 1.96. The highest BCUT2D eigenvalue weighted by atomic mass is 32.2. The Balaban J connectivity index is 2.57. The zero-order valence-electron chi connectivity index (χ0n) is 10.8. The monoisotopic (exact) mass is 279 g/mol. The first-order chi connectivity index (χ1) is 8.30. The van der Waals surface area contributed by atoms with Crippen molar-refractivity contribution in [1.29, 1.82) is 0 Å². The molecular weight excluding hydrogens is 258 g/mol. The molecule has 1 heterocycles. The molecule has 1 saturated heterocycles. The quantitative estimate of drug-likeness (QED) is 0.705. The lowest BCUT2D eigenvalue weighted by atomic mass is 10.1. The minimum absolute atomic E-state index is 0.0315. The number of carboxylic acid groups (broad SMARTS) is 1. The lowest BCUT2D eigenvalue weighted by Gasteiger charge is -2.17. The molecule has 2 atom stereocenters. The molecule has 1 aliphatic heterocycles. The lowest BCUT2D eigenvalue weighted by Crippen LogP contribution is -2.43. The molecule has 6 nitrogen and oxygen atoms in total. The SMILES string of the molecule is CC(C)C[C@H](NS(=O)(=O)CC1CCOC1)C(=O)O. The predicted molar refractivity (Wildman–Crippen MR) is 66.7 cm³/mol. The third-order valence-corrected chi connectivity index (χ3v) is 4.36. The average molecular weight is 279 g/mol. The van der Waals surface area contributed by atoms with Gasteiger partial charge in [0.05, 0.1) is 12.4 Å². The minimum atomic E-state index is -3.57. The second kappa shape index (κ2) is 6.49. The van der Waals surface area contributed by atoms with Crippen molar-refractivity contribution in [2.45, 2.75) is 32.7 Å². The van der Waals surface area contributed by atoms with E-state index in [9.17, 15) is 13.2 Å². The number of ether oxygens (including phenoxy) is 1.